The lowest BCUT2D eigenvalue weighted by atomic mass is 10.3. The molecule has 132 valence electrons. The number of aromatic nitrogens is 4. The minimum atomic E-state index is -3.43. The molecule has 2 heterocycles. The van der Waals surface area contributed by atoms with Crippen LogP contribution in [0.4, 0.5) is 5.82 Å². The molecule has 0 fully saturated rings. The highest BCUT2D eigenvalue weighted by Gasteiger charge is 2.23. The summed E-state index contributed by atoms with van der Waals surface area (Å²) in [5.41, 5.74) is 6.90. The number of fused-ring (bicyclic) bond motifs is 1. The molecule has 0 radical (unpaired) electrons. The molecule has 0 amide bonds. The van der Waals surface area contributed by atoms with E-state index in [1.165, 1.54) is 6.33 Å². The van der Waals surface area contributed by atoms with Crippen molar-refractivity contribution in [3.63, 3.8) is 0 Å². The third kappa shape index (κ3) is 4.48. The van der Waals surface area contributed by atoms with Crippen molar-refractivity contribution >= 4 is 34.9 Å². The van der Waals surface area contributed by atoms with Gasteiger partial charge in [-0.05, 0) is 30.3 Å². The fraction of sp³-hybridized carbons (Fsp3) is 0.267. The van der Waals surface area contributed by atoms with Crippen LogP contribution < -0.4 is 10.3 Å². The molecule has 2 aromatic heterocycles. The van der Waals surface area contributed by atoms with E-state index in [1.54, 1.807) is 35.2 Å². The Labute approximate surface area is 149 Å². The number of hydrogen-bond acceptors (Lipinski definition) is 7. The molecular weight excluding hydrogens is 365 g/mol. The van der Waals surface area contributed by atoms with Crippen molar-refractivity contribution in [2.75, 3.05) is 12.1 Å². The predicted molar refractivity (Wildman–Crippen MR) is 95.7 cm³/mol. The number of nitrogens with zero attached hydrogens (tertiary/aromatic N) is 4. The first kappa shape index (κ1) is 17.7. The summed E-state index contributed by atoms with van der Waals surface area (Å²) in [6, 6.07) is 8.73. The third-order valence-corrected chi connectivity index (χ3v) is 4.82. The second-order valence-corrected chi connectivity index (χ2v) is 8.60. The Hall–Kier alpha value is -2.15. The van der Waals surface area contributed by atoms with Gasteiger partial charge in [-0.1, -0.05) is 18.2 Å². The van der Waals surface area contributed by atoms with Crippen LogP contribution in [-0.2, 0) is 15.8 Å². The quantitative estimate of drug-likeness (QED) is 0.626. The van der Waals surface area contributed by atoms with E-state index in [-0.39, 0.29) is 12.5 Å². The fourth-order valence-electron chi connectivity index (χ4n) is 2.24. The van der Waals surface area contributed by atoms with Gasteiger partial charge in [-0.3, -0.25) is 4.57 Å². The summed E-state index contributed by atoms with van der Waals surface area (Å²) in [5, 5.41) is 0. The minimum Gasteiger partial charge on any atom is -0.431 e. The number of ether oxygens (including phenoxy) is 1. The van der Waals surface area contributed by atoms with Gasteiger partial charge in [0.2, 0.25) is 0 Å². The molecule has 0 spiro atoms. The smallest absolute Gasteiger partial charge is 0.361 e. The number of hydrogen-bond donors (Lipinski definition) is 1. The number of benzene rings is 1. The minimum absolute atomic E-state index is 0.214. The molecule has 3 rings (SSSR count). The molecular formula is C15H17ClN5O3P. The van der Waals surface area contributed by atoms with Crippen LogP contribution in [0.3, 0.4) is 0 Å². The number of nitrogens with two attached hydrogens (primary N) is 1. The van der Waals surface area contributed by atoms with Crippen molar-refractivity contribution in [2.45, 2.75) is 19.6 Å². The molecule has 2 N–H and O–H groups in total. The summed E-state index contributed by atoms with van der Waals surface area (Å²) in [5.74, 6) is 0.753. The van der Waals surface area contributed by atoms with Crippen molar-refractivity contribution < 1.29 is 13.8 Å². The molecule has 0 aliphatic heterocycles. The highest BCUT2D eigenvalue weighted by molar-refractivity contribution is 7.85. The fourth-order valence-corrected chi connectivity index (χ4v) is 3.57. The lowest BCUT2D eigenvalue weighted by molar-refractivity contribution is 0.0844. The van der Waals surface area contributed by atoms with E-state index in [1.807, 2.05) is 13.0 Å². The molecule has 10 heteroatoms. The number of nitrogen functional groups attached to an aromatic ring is 1. The third-order valence-electron chi connectivity index (χ3n) is 3.38. The molecule has 0 aliphatic carbocycles. The predicted octanol–water partition coefficient (Wildman–Crippen LogP) is 3.28. The number of para-hydroxylation sites is 1. The molecule has 0 saturated carbocycles. The number of imidazole rings is 1. The molecule has 2 unspecified atom stereocenters. The zero-order chi connectivity index (χ0) is 17.9. The van der Waals surface area contributed by atoms with Crippen LogP contribution >= 0.6 is 18.0 Å². The Morgan fingerprint density at radius 2 is 2.04 bits per heavy atom. The van der Waals surface area contributed by atoms with E-state index in [0.29, 0.717) is 29.3 Å². The van der Waals surface area contributed by atoms with Crippen molar-refractivity contribution in [1.29, 1.82) is 0 Å². The monoisotopic (exact) mass is 381 g/mol. The van der Waals surface area contributed by atoms with E-state index < -0.39 is 6.72 Å². The van der Waals surface area contributed by atoms with Crippen molar-refractivity contribution in [3.8, 4) is 5.75 Å². The molecule has 3 aromatic rings. The highest BCUT2D eigenvalue weighted by atomic mass is 35.7. The van der Waals surface area contributed by atoms with Gasteiger partial charge in [0.1, 0.15) is 23.9 Å². The van der Waals surface area contributed by atoms with Crippen LogP contribution in [0.5, 0.6) is 5.75 Å². The zero-order valence-electron chi connectivity index (χ0n) is 13.4. The van der Waals surface area contributed by atoms with Crippen molar-refractivity contribution in [3.05, 3.63) is 43.0 Å². The molecule has 8 nitrogen and oxygen atoms in total. The summed E-state index contributed by atoms with van der Waals surface area (Å²) in [7, 11) is 0. The van der Waals surface area contributed by atoms with Gasteiger partial charge in [0, 0.05) is 0 Å². The average Bonchev–Trinajstić information content (AvgIpc) is 2.98. The van der Waals surface area contributed by atoms with Crippen LogP contribution in [0.25, 0.3) is 11.2 Å². The van der Waals surface area contributed by atoms with Crippen LogP contribution in [0.1, 0.15) is 6.92 Å². The number of rotatable bonds is 7. The molecule has 2 atom stereocenters. The van der Waals surface area contributed by atoms with E-state index >= 15 is 0 Å². The van der Waals surface area contributed by atoms with E-state index in [2.05, 4.69) is 15.0 Å². The van der Waals surface area contributed by atoms with E-state index in [0.717, 1.165) is 0 Å². The first-order valence-electron chi connectivity index (χ1n) is 7.51. The summed E-state index contributed by atoms with van der Waals surface area (Å²) in [6.45, 7) is -1.17. The Kier molecular flexibility index (Phi) is 5.22. The lowest BCUT2D eigenvalue weighted by Gasteiger charge is -2.17. The maximum Gasteiger partial charge on any atom is 0.361 e. The van der Waals surface area contributed by atoms with Gasteiger partial charge >= 0.3 is 6.72 Å². The second-order valence-electron chi connectivity index (χ2n) is 5.43. The van der Waals surface area contributed by atoms with Crippen molar-refractivity contribution in [2.24, 2.45) is 0 Å². The van der Waals surface area contributed by atoms with Gasteiger partial charge in [-0.15, -0.1) is 0 Å². The molecule has 0 bridgehead atoms. The van der Waals surface area contributed by atoms with Crippen LogP contribution in [0.2, 0.25) is 0 Å². The maximum atomic E-state index is 12.3. The zero-order valence-corrected chi connectivity index (χ0v) is 15.1. The largest absolute Gasteiger partial charge is 0.431 e. The van der Waals surface area contributed by atoms with Gasteiger partial charge in [0.25, 0.3) is 0 Å². The van der Waals surface area contributed by atoms with E-state index in [4.69, 9.17) is 26.2 Å². The summed E-state index contributed by atoms with van der Waals surface area (Å²) in [4.78, 5) is 12.3. The second kappa shape index (κ2) is 7.39. The number of halogens is 1. The summed E-state index contributed by atoms with van der Waals surface area (Å²) in [6.07, 6.45) is 2.48. The molecule has 0 saturated heterocycles. The van der Waals surface area contributed by atoms with Crippen molar-refractivity contribution in [1.82, 2.24) is 19.5 Å². The van der Waals surface area contributed by atoms with Gasteiger partial charge in [0.15, 0.2) is 11.5 Å². The summed E-state index contributed by atoms with van der Waals surface area (Å²) >= 11 is 5.96. The highest BCUT2D eigenvalue weighted by Crippen LogP contribution is 2.52. The Morgan fingerprint density at radius 1 is 1.28 bits per heavy atom. The van der Waals surface area contributed by atoms with Gasteiger partial charge in [0.05, 0.1) is 19.0 Å². The maximum absolute atomic E-state index is 12.3. The summed E-state index contributed by atoms with van der Waals surface area (Å²) < 4.78 is 25.0. The standard InChI is InChI=1S/C15H17ClN5O3P/c1-11(7-21-9-20-13-14(17)18-8-19-15(13)21)23-10-25(16,22)24-12-5-3-2-4-6-12/h2-6,8-9,11H,7,10H2,1H3,(H2,17,18,19). The SMILES string of the molecule is CC(Cn1cnc2c(N)ncnc21)OCP(=O)(Cl)Oc1ccccc1. The van der Waals surface area contributed by atoms with Gasteiger partial charge in [-0.2, -0.15) is 0 Å². The number of anilines is 1. The van der Waals surface area contributed by atoms with Gasteiger partial charge < -0.3 is 19.6 Å². The van der Waals surface area contributed by atoms with Crippen LogP contribution in [0.15, 0.2) is 43.0 Å². The Balaban J connectivity index is 1.59. The van der Waals surface area contributed by atoms with Crippen LogP contribution in [-0.4, -0.2) is 32.0 Å². The first-order chi connectivity index (χ1) is 11.9. The lowest BCUT2D eigenvalue weighted by Crippen LogP contribution is -2.17. The van der Waals surface area contributed by atoms with Gasteiger partial charge in [-0.25, -0.2) is 15.0 Å². The van der Waals surface area contributed by atoms with Crippen LogP contribution in [0, 0.1) is 0 Å². The van der Waals surface area contributed by atoms with E-state index in [9.17, 15) is 4.57 Å². The first-order valence-corrected chi connectivity index (χ1v) is 10.2. The topological polar surface area (TPSA) is 105 Å². The normalized spacial score (nSPS) is 15.0. The average molecular weight is 382 g/mol. The Bertz CT molecular complexity index is 905. The molecule has 1 aromatic carbocycles. The molecule has 0 aliphatic rings. The Morgan fingerprint density at radius 3 is 2.80 bits per heavy atom. The molecule has 25 heavy (non-hydrogen) atoms.